The minimum atomic E-state index is -0.824. The first kappa shape index (κ1) is 13.1. The summed E-state index contributed by atoms with van der Waals surface area (Å²) in [7, 11) is 0. The summed E-state index contributed by atoms with van der Waals surface area (Å²) in [5, 5.41) is 9.69. The average Bonchev–Trinajstić information content (AvgIpc) is 2.30. The van der Waals surface area contributed by atoms with Gasteiger partial charge in [-0.15, -0.1) is 0 Å². The number of benzene rings is 1. The third-order valence-electron chi connectivity index (χ3n) is 2.19. The molecule has 1 unspecified atom stereocenters. The molecule has 0 saturated heterocycles. The van der Waals surface area contributed by atoms with Gasteiger partial charge in [-0.25, -0.2) is 9.82 Å². The lowest BCUT2D eigenvalue weighted by atomic mass is 10.0. The molecule has 5 nitrogen and oxygen atoms in total. The normalized spacial score (nSPS) is 12.2. The second-order valence-corrected chi connectivity index (χ2v) is 3.64. The zero-order chi connectivity index (χ0) is 12.0. The van der Waals surface area contributed by atoms with Crippen LogP contribution < -0.4 is 9.82 Å². The Morgan fingerprint density at radius 3 is 3.00 bits per heavy atom. The summed E-state index contributed by atoms with van der Waals surface area (Å²) in [5.41, 5.74) is 4.62. The fourth-order valence-electron chi connectivity index (χ4n) is 1.38. The quantitative estimate of drug-likeness (QED) is 0.241. The number of nitrogens with one attached hydrogen (secondary N) is 2. The average molecular weight is 289 g/mol. The molecule has 1 aromatic rings. The number of hydroxylamine groups is 1. The van der Waals surface area contributed by atoms with Crippen molar-refractivity contribution >= 4 is 22.6 Å². The number of amides is 1. The van der Waals surface area contributed by atoms with E-state index in [0.717, 1.165) is 11.1 Å². The summed E-state index contributed by atoms with van der Waals surface area (Å²) in [6, 6.07) is 5.53. The lowest BCUT2D eigenvalue weighted by Gasteiger charge is -2.15. The molecule has 88 valence electrons. The number of carbonyl (C=O) groups is 1. The smallest absolute Gasteiger partial charge is 0.230 e. The molecule has 6 heteroatoms. The van der Waals surface area contributed by atoms with Crippen LogP contribution in [-0.2, 0) is 16.2 Å². The van der Waals surface area contributed by atoms with E-state index in [9.17, 15) is 9.90 Å². The molecule has 0 aliphatic carbocycles. The molecule has 1 atom stereocenters. The van der Waals surface area contributed by atoms with Crippen molar-refractivity contribution in [2.24, 2.45) is 0 Å². The first-order chi connectivity index (χ1) is 7.70. The van der Waals surface area contributed by atoms with Crippen LogP contribution >= 0.6 is 16.1 Å². The highest BCUT2D eigenvalue weighted by Gasteiger charge is 2.12. The molecule has 0 aliphatic heterocycles. The maximum absolute atomic E-state index is 10.0. The lowest BCUT2D eigenvalue weighted by Crippen LogP contribution is -2.16. The molecule has 0 spiro atoms. The third-order valence-corrected chi connectivity index (χ3v) is 2.63. The van der Waals surface area contributed by atoms with Gasteiger partial charge in [0.25, 0.3) is 0 Å². The van der Waals surface area contributed by atoms with Crippen molar-refractivity contribution in [3.8, 4) is 0 Å². The molecule has 0 saturated carbocycles. The molecular weight excluding hydrogens is 276 g/mol. The van der Waals surface area contributed by atoms with Crippen LogP contribution in [0.15, 0.2) is 18.2 Å². The second kappa shape index (κ2) is 6.59. The Morgan fingerprint density at radius 1 is 1.62 bits per heavy atom. The minimum Gasteiger partial charge on any atom is -0.373 e. The van der Waals surface area contributed by atoms with E-state index in [-0.39, 0.29) is 6.61 Å². The van der Waals surface area contributed by atoms with Crippen LogP contribution in [0.25, 0.3) is 0 Å². The van der Waals surface area contributed by atoms with E-state index < -0.39 is 6.23 Å². The van der Waals surface area contributed by atoms with Gasteiger partial charge in [0.1, 0.15) is 12.8 Å². The predicted octanol–water partition coefficient (Wildman–Crippen LogP) is 1.06. The number of rotatable bonds is 6. The van der Waals surface area contributed by atoms with Crippen molar-refractivity contribution in [2.45, 2.75) is 19.8 Å². The standard InChI is InChI=1S/C10H13BrN2O3/c1-7-3-2-4-8(10(15)13-11)9(7)5-16-12-6-14/h2-4,6,10,13,15H,5H2,1H3,(H,12,14). The Balaban J connectivity index is 2.89. The largest absolute Gasteiger partial charge is 0.373 e. The van der Waals surface area contributed by atoms with Gasteiger partial charge in [0, 0.05) is 21.7 Å². The Hall–Kier alpha value is -0.950. The van der Waals surface area contributed by atoms with Crippen LogP contribution in [0.1, 0.15) is 22.9 Å². The fraction of sp³-hybridized carbons (Fsp3) is 0.300. The highest BCUT2D eigenvalue weighted by atomic mass is 79.9. The van der Waals surface area contributed by atoms with E-state index in [1.807, 2.05) is 19.1 Å². The number of carbonyl (C=O) groups excluding carboxylic acids is 1. The van der Waals surface area contributed by atoms with Gasteiger partial charge in [-0.1, -0.05) is 18.2 Å². The van der Waals surface area contributed by atoms with Crippen LogP contribution in [0.4, 0.5) is 0 Å². The second-order valence-electron chi connectivity index (χ2n) is 3.18. The van der Waals surface area contributed by atoms with Gasteiger partial charge in [0.15, 0.2) is 0 Å². The molecule has 0 aliphatic rings. The van der Waals surface area contributed by atoms with Crippen molar-refractivity contribution in [3.05, 3.63) is 34.9 Å². The first-order valence-electron chi connectivity index (χ1n) is 4.64. The van der Waals surface area contributed by atoms with E-state index in [4.69, 9.17) is 4.84 Å². The van der Waals surface area contributed by atoms with Crippen LogP contribution in [-0.4, -0.2) is 11.5 Å². The Labute approximate surface area is 102 Å². The van der Waals surface area contributed by atoms with Crippen molar-refractivity contribution in [1.82, 2.24) is 9.82 Å². The molecule has 0 radical (unpaired) electrons. The maximum Gasteiger partial charge on any atom is 0.230 e. The molecule has 16 heavy (non-hydrogen) atoms. The van der Waals surface area contributed by atoms with Crippen molar-refractivity contribution in [3.63, 3.8) is 0 Å². The number of hydrogen-bond donors (Lipinski definition) is 3. The summed E-state index contributed by atoms with van der Waals surface area (Å²) in [5.74, 6) is 0. The summed E-state index contributed by atoms with van der Waals surface area (Å²) in [6.07, 6.45) is -0.369. The summed E-state index contributed by atoms with van der Waals surface area (Å²) in [6.45, 7) is 2.11. The molecular formula is C10H13BrN2O3. The van der Waals surface area contributed by atoms with Gasteiger partial charge >= 0.3 is 0 Å². The van der Waals surface area contributed by atoms with Crippen molar-refractivity contribution < 1.29 is 14.7 Å². The van der Waals surface area contributed by atoms with Crippen LogP contribution in [0.3, 0.4) is 0 Å². The number of aliphatic hydroxyl groups is 1. The van der Waals surface area contributed by atoms with Crippen molar-refractivity contribution in [1.29, 1.82) is 0 Å². The highest BCUT2D eigenvalue weighted by Crippen LogP contribution is 2.21. The zero-order valence-corrected chi connectivity index (χ0v) is 10.3. The van der Waals surface area contributed by atoms with E-state index >= 15 is 0 Å². The van der Waals surface area contributed by atoms with E-state index in [0.29, 0.717) is 12.0 Å². The number of hydrogen-bond acceptors (Lipinski definition) is 4. The monoisotopic (exact) mass is 288 g/mol. The van der Waals surface area contributed by atoms with E-state index in [1.54, 1.807) is 6.07 Å². The fourth-order valence-corrected chi connectivity index (χ4v) is 1.63. The van der Waals surface area contributed by atoms with Gasteiger partial charge in [-0.2, -0.15) is 0 Å². The Morgan fingerprint density at radius 2 is 2.38 bits per heavy atom. The summed E-state index contributed by atoms with van der Waals surface area (Å²) in [4.78, 5) is 15.0. The van der Waals surface area contributed by atoms with Gasteiger partial charge in [-0.05, 0) is 18.1 Å². The molecule has 0 aromatic heterocycles. The van der Waals surface area contributed by atoms with Crippen LogP contribution in [0, 0.1) is 6.92 Å². The molecule has 3 N–H and O–H groups in total. The Kier molecular flexibility index (Phi) is 5.41. The summed E-state index contributed by atoms with van der Waals surface area (Å²) < 4.78 is 2.56. The molecule has 0 heterocycles. The molecule has 0 bridgehead atoms. The van der Waals surface area contributed by atoms with Crippen LogP contribution in [0.2, 0.25) is 0 Å². The molecule has 1 amide bonds. The molecule has 1 rings (SSSR count). The van der Waals surface area contributed by atoms with Crippen LogP contribution in [0.5, 0.6) is 0 Å². The number of aliphatic hydroxyl groups excluding tert-OH is 1. The van der Waals surface area contributed by atoms with E-state index in [1.165, 1.54) is 0 Å². The topological polar surface area (TPSA) is 70.6 Å². The third kappa shape index (κ3) is 3.28. The summed E-state index contributed by atoms with van der Waals surface area (Å²) >= 11 is 2.98. The highest BCUT2D eigenvalue weighted by molar-refractivity contribution is 9.08. The lowest BCUT2D eigenvalue weighted by molar-refractivity contribution is -0.121. The van der Waals surface area contributed by atoms with Crippen molar-refractivity contribution in [2.75, 3.05) is 0 Å². The predicted molar refractivity (Wildman–Crippen MR) is 62.2 cm³/mol. The van der Waals surface area contributed by atoms with E-state index in [2.05, 4.69) is 26.0 Å². The zero-order valence-electron chi connectivity index (χ0n) is 8.74. The van der Waals surface area contributed by atoms with Gasteiger partial charge in [-0.3, -0.25) is 9.63 Å². The van der Waals surface area contributed by atoms with Gasteiger partial charge < -0.3 is 5.11 Å². The molecule has 0 fully saturated rings. The SMILES string of the molecule is Cc1cccc(C(O)NBr)c1CONC=O. The minimum absolute atomic E-state index is 0.201. The number of aryl methyl sites for hydroxylation is 1. The Bertz CT molecular complexity index is 360. The van der Waals surface area contributed by atoms with Gasteiger partial charge in [0.05, 0.1) is 0 Å². The number of halogens is 1. The maximum atomic E-state index is 10.0. The van der Waals surface area contributed by atoms with Gasteiger partial charge in [0.2, 0.25) is 6.41 Å². The molecule has 1 aromatic carbocycles. The first-order valence-corrected chi connectivity index (χ1v) is 5.43.